The zero-order valence-corrected chi connectivity index (χ0v) is 14.7. The topological polar surface area (TPSA) is 72.2 Å². The van der Waals surface area contributed by atoms with E-state index in [1.807, 2.05) is 0 Å². The first-order valence-electron chi connectivity index (χ1n) is 7.78. The molecule has 1 aromatic carbocycles. The predicted octanol–water partition coefficient (Wildman–Crippen LogP) is 4.30. The number of primary amides is 1. The molecule has 1 aliphatic rings. The number of thiophene rings is 1. The Labute approximate surface area is 152 Å². The highest BCUT2D eigenvalue weighted by atomic mass is 35.5. The van der Waals surface area contributed by atoms with E-state index in [0.717, 1.165) is 54.7 Å². The summed E-state index contributed by atoms with van der Waals surface area (Å²) in [5.41, 5.74) is 6.47. The van der Waals surface area contributed by atoms with Crippen molar-refractivity contribution in [3.8, 4) is 0 Å². The molecule has 0 fully saturated rings. The fraction of sp³-hybridized carbons (Fsp3) is 0.294. The molecule has 0 saturated heterocycles. The van der Waals surface area contributed by atoms with E-state index in [4.69, 9.17) is 17.3 Å². The maximum Gasteiger partial charge on any atom is 0.257 e. The molecule has 0 aliphatic heterocycles. The number of halogens is 3. The van der Waals surface area contributed by atoms with Crippen LogP contribution in [0.4, 0.5) is 13.8 Å². The minimum absolute atomic E-state index is 0.209. The molecule has 4 nitrogen and oxygen atoms in total. The molecular weight excluding hydrogens is 370 g/mol. The molecule has 1 heterocycles. The van der Waals surface area contributed by atoms with E-state index in [1.165, 1.54) is 11.3 Å². The summed E-state index contributed by atoms with van der Waals surface area (Å²) in [5.74, 6) is -3.65. The average molecular weight is 385 g/mol. The lowest BCUT2D eigenvalue weighted by atomic mass is 10.1. The number of benzene rings is 1. The van der Waals surface area contributed by atoms with E-state index in [9.17, 15) is 18.4 Å². The van der Waals surface area contributed by atoms with Crippen LogP contribution in [0.1, 0.15) is 50.4 Å². The van der Waals surface area contributed by atoms with Gasteiger partial charge in [0.15, 0.2) is 11.6 Å². The number of nitrogens with one attached hydrogen (secondary N) is 1. The SMILES string of the molecule is NC(=O)c1c(NC(=O)c2cc(F)c(F)cc2Cl)sc2c1CCCCC2. The molecule has 1 aliphatic carbocycles. The highest BCUT2D eigenvalue weighted by Gasteiger charge is 2.25. The molecule has 2 aromatic rings. The summed E-state index contributed by atoms with van der Waals surface area (Å²) in [6, 6.07) is 1.47. The number of rotatable bonds is 3. The molecule has 0 saturated carbocycles. The molecule has 8 heteroatoms. The van der Waals surface area contributed by atoms with Gasteiger partial charge in [0.25, 0.3) is 11.8 Å². The second kappa shape index (κ2) is 7.09. The summed E-state index contributed by atoms with van der Waals surface area (Å²) in [7, 11) is 0. The third kappa shape index (κ3) is 3.52. The Morgan fingerprint density at radius 3 is 2.52 bits per heavy atom. The number of amides is 2. The molecule has 0 unspecified atom stereocenters. The first kappa shape index (κ1) is 17.8. The Hall–Kier alpha value is -1.99. The van der Waals surface area contributed by atoms with Crippen molar-refractivity contribution < 1.29 is 18.4 Å². The van der Waals surface area contributed by atoms with Gasteiger partial charge >= 0.3 is 0 Å². The number of anilines is 1. The molecule has 0 radical (unpaired) electrons. The van der Waals surface area contributed by atoms with Crippen molar-refractivity contribution in [1.82, 2.24) is 0 Å². The van der Waals surface area contributed by atoms with Gasteiger partial charge in [-0.05, 0) is 43.4 Å². The second-order valence-electron chi connectivity index (χ2n) is 5.83. The van der Waals surface area contributed by atoms with Crippen molar-refractivity contribution in [2.24, 2.45) is 5.73 Å². The Bertz CT molecular complexity index is 867. The van der Waals surface area contributed by atoms with E-state index >= 15 is 0 Å². The summed E-state index contributed by atoms with van der Waals surface area (Å²) in [4.78, 5) is 25.3. The van der Waals surface area contributed by atoms with Crippen LogP contribution in [0.3, 0.4) is 0 Å². The van der Waals surface area contributed by atoms with Crippen LogP contribution in [0.25, 0.3) is 0 Å². The Morgan fingerprint density at radius 2 is 1.80 bits per heavy atom. The van der Waals surface area contributed by atoms with E-state index in [0.29, 0.717) is 10.6 Å². The Morgan fingerprint density at radius 1 is 1.12 bits per heavy atom. The fourth-order valence-electron chi connectivity index (χ4n) is 2.96. The number of carbonyl (C=O) groups excluding carboxylic acids is 2. The number of hydrogen-bond acceptors (Lipinski definition) is 3. The summed E-state index contributed by atoms with van der Waals surface area (Å²) < 4.78 is 26.6. The summed E-state index contributed by atoms with van der Waals surface area (Å²) >= 11 is 7.13. The highest BCUT2D eigenvalue weighted by Crippen LogP contribution is 2.37. The van der Waals surface area contributed by atoms with E-state index in [2.05, 4.69) is 5.32 Å². The van der Waals surface area contributed by atoms with Gasteiger partial charge in [0, 0.05) is 4.88 Å². The average Bonchev–Trinajstić information content (AvgIpc) is 2.72. The predicted molar refractivity (Wildman–Crippen MR) is 93.4 cm³/mol. The standard InChI is InChI=1S/C17H15ClF2N2O2S/c18-10-7-12(20)11(19)6-9(10)16(24)22-17-14(15(21)23)8-4-2-1-3-5-13(8)25-17/h6-7H,1-5H2,(H2,21,23)(H,22,24). The maximum atomic E-state index is 13.4. The van der Waals surface area contributed by atoms with Gasteiger partial charge in [-0.15, -0.1) is 11.3 Å². The summed E-state index contributed by atoms with van der Waals surface area (Å²) in [6.45, 7) is 0. The Kier molecular flexibility index (Phi) is 5.06. The first-order chi connectivity index (χ1) is 11.9. The van der Waals surface area contributed by atoms with Gasteiger partial charge in [0.1, 0.15) is 5.00 Å². The van der Waals surface area contributed by atoms with Crippen molar-refractivity contribution in [2.45, 2.75) is 32.1 Å². The van der Waals surface area contributed by atoms with Gasteiger partial charge in [0.05, 0.1) is 16.1 Å². The van der Waals surface area contributed by atoms with Gasteiger partial charge < -0.3 is 11.1 Å². The van der Waals surface area contributed by atoms with Gasteiger partial charge in [0.2, 0.25) is 0 Å². The van der Waals surface area contributed by atoms with Crippen LogP contribution < -0.4 is 11.1 Å². The number of aryl methyl sites for hydroxylation is 1. The molecule has 2 amide bonds. The first-order valence-corrected chi connectivity index (χ1v) is 8.98. The molecule has 25 heavy (non-hydrogen) atoms. The van der Waals surface area contributed by atoms with Crippen molar-refractivity contribution in [2.75, 3.05) is 5.32 Å². The van der Waals surface area contributed by atoms with E-state index in [-0.39, 0.29) is 10.6 Å². The third-order valence-electron chi connectivity index (χ3n) is 4.15. The minimum atomic E-state index is -1.17. The largest absolute Gasteiger partial charge is 0.365 e. The maximum absolute atomic E-state index is 13.4. The number of carbonyl (C=O) groups is 2. The second-order valence-corrected chi connectivity index (χ2v) is 7.35. The van der Waals surface area contributed by atoms with Crippen LogP contribution in [0, 0.1) is 11.6 Å². The highest BCUT2D eigenvalue weighted by molar-refractivity contribution is 7.17. The molecule has 3 N–H and O–H groups in total. The van der Waals surface area contributed by atoms with E-state index < -0.39 is 23.4 Å². The number of nitrogens with two attached hydrogens (primary N) is 1. The van der Waals surface area contributed by atoms with Crippen LogP contribution in [0.2, 0.25) is 5.02 Å². The zero-order chi connectivity index (χ0) is 18.1. The normalized spacial score (nSPS) is 13.9. The van der Waals surface area contributed by atoms with E-state index in [1.54, 1.807) is 0 Å². The lowest BCUT2D eigenvalue weighted by Crippen LogP contribution is -2.18. The monoisotopic (exact) mass is 384 g/mol. The van der Waals surface area contributed by atoms with Crippen LogP contribution in [0.5, 0.6) is 0 Å². The molecule has 0 bridgehead atoms. The lowest BCUT2D eigenvalue weighted by Gasteiger charge is -2.08. The van der Waals surface area contributed by atoms with Gasteiger partial charge in [-0.1, -0.05) is 18.0 Å². The summed E-state index contributed by atoms with van der Waals surface area (Å²) in [5, 5.41) is 2.69. The van der Waals surface area contributed by atoms with Crippen molar-refractivity contribution >= 4 is 39.8 Å². The Balaban J connectivity index is 1.97. The van der Waals surface area contributed by atoms with Crippen LogP contribution in [-0.4, -0.2) is 11.8 Å². The lowest BCUT2D eigenvalue weighted by molar-refractivity contribution is 0.100. The number of fused-ring (bicyclic) bond motifs is 1. The van der Waals surface area contributed by atoms with Crippen LogP contribution in [-0.2, 0) is 12.8 Å². The van der Waals surface area contributed by atoms with Crippen LogP contribution in [0.15, 0.2) is 12.1 Å². The molecule has 0 spiro atoms. The molecular formula is C17H15ClF2N2O2S. The smallest absolute Gasteiger partial charge is 0.257 e. The molecule has 1 aromatic heterocycles. The molecule has 0 atom stereocenters. The number of hydrogen-bond donors (Lipinski definition) is 2. The summed E-state index contributed by atoms with van der Waals surface area (Å²) in [6.07, 6.45) is 4.58. The minimum Gasteiger partial charge on any atom is -0.365 e. The third-order valence-corrected chi connectivity index (χ3v) is 5.67. The van der Waals surface area contributed by atoms with Gasteiger partial charge in [-0.2, -0.15) is 0 Å². The fourth-order valence-corrected chi connectivity index (χ4v) is 4.48. The molecule has 132 valence electrons. The van der Waals surface area contributed by atoms with Crippen molar-refractivity contribution in [3.05, 3.63) is 50.4 Å². The van der Waals surface area contributed by atoms with Crippen LogP contribution >= 0.6 is 22.9 Å². The van der Waals surface area contributed by atoms with Crippen molar-refractivity contribution in [1.29, 1.82) is 0 Å². The van der Waals surface area contributed by atoms with Gasteiger partial charge in [-0.3, -0.25) is 9.59 Å². The quantitative estimate of drug-likeness (QED) is 0.611. The zero-order valence-electron chi connectivity index (χ0n) is 13.1. The van der Waals surface area contributed by atoms with Gasteiger partial charge in [-0.25, -0.2) is 8.78 Å². The molecule has 3 rings (SSSR count). The van der Waals surface area contributed by atoms with Crippen molar-refractivity contribution in [3.63, 3.8) is 0 Å².